The quantitative estimate of drug-likeness (QED) is 0.0315. The Morgan fingerprint density at radius 3 is 0.990 bits per heavy atom. The second-order valence-electron chi connectivity index (χ2n) is 17.0. The van der Waals surface area contributed by atoms with Crippen LogP contribution in [0.2, 0.25) is 0 Å². The number of anilines is 4. The molecule has 0 aliphatic rings. The van der Waals surface area contributed by atoms with Crippen molar-refractivity contribution in [1.29, 1.82) is 0 Å². The van der Waals surface area contributed by atoms with Crippen LogP contribution in [0, 0.1) is 3.57 Å². The molecule has 6 aromatic carbocycles. The zero-order chi connectivity index (χ0) is 70.6. The Kier molecular flexibility index (Phi) is 35.4. The average molecular weight is 1730 g/mol. The third-order valence-corrected chi connectivity index (χ3v) is 19.0. The van der Waals surface area contributed by atoms with Crippen molar-refractivity contribution in [3.8, 4) is 34.5 Å². The van der Waals surface area contributed by atoms with E-state index in [-0.39, 0.29) is 61.9 Å². The highest BCUT2D eigenvalue weighted by Gasteiger charge is 2.17. The van der Waals surface area contributed by atoms with Crippen LogP contribution < -0.4 is 41.9 Å². The second-order valence-corrected chi connectivity index (χ2v) is 29.1. The van der Waals surface area contributed by atoms with Gasteiger partial charge in [-0.15, -0.1) is 42.2 Å². The Labute approximate surface area is 618 Å². The number of carbonyl (C=O) groups is 6. The third kappa shape index (κ3) is 27.7. The minimum absolute atomic E-state index is 0. The standard InChI is InChI=1S/2C11H10N2O3S2.C10H8N2O3S2.C8H7IO3.C8H8O3S.C7H6O3S.C3H3BrN2S.BrH/c2*1-16-8-3-2-6(4-7(8)10(14)15)17-9-5-13-11(12)18-9;11-10-12-4-8(17-10)16-5-1-2-7(13)6(3-5)9(14)15;1-12-7-3-2-5(9)4-6(7)8(10)11;1-11-7-3-2-5(12)4-6(7)8(9)10;8-6-2-1-4(11)3-5(6)7(9)10;4-2-1-6-3(5)7-2;/h2*2-5H,1H3,(H2,12,13)(H,14,15);1-4,13H,(H2,11,12)(H,14,15);2-4H,1H3,(H,10,11);2-4,12H,1H3,(H,9,10);1-3,8,11H,(H,9,10);1H,(H2,5,6);1H. The van der Waals surface area contributed by atoms with Crippen LogP contribution in [0.15, 0.2) is 175 Å². The molecular formula is C58H53Br2IN8O18S9. The van der Waals surface area contributed by atoms with E-state index in [0.29, 0.717) is 58.2 Å². The molecule has 4 aromatic heterocycles. The van der Waals surface area contributed by atoms with Gasteiger partial charge in [-0.05, 0) is 148 Å². The van der Waals surface area contributed by atoms with Gasteiger partial charge in [0.05, 0.1) is 69.6 Å². The van der Waals surface area contributed by atoms with Crippen LogP contribution in [0.3, 0.4) is 0 Å². The minimum Gasteiger partial charge on any atom is -0.507 e. The summed E-state index contributed by atoms with van der Waals surface area (Å²) < 4.78 is 24.3. The first kappa shape index (κ1) is 82.3. The number of nitrogens with two attached hydrogens (primary N) is 4. The fourth-order valence-electron chi connectivity index (χ4n) is 6.56. The van der Waals surface area contributed by atoms with Crippen LogP contribution in [0.4, 0.5) is 20.5 Å². The number of nitrogen functional groups attached to an aromatic ring is 4. The van der Waals surface area contributed by atoms with E-state index in [9.17, 15) is 33.9 Å². The molecule has 26 nitrogen and oxygen atoms in total. The molecule has 16 N–H and O–H groups in total. The molecule has 0 spiro atoms. The van der Waals surface area contributed by atoms with Gasteiger partial charge in [0, 0.05) is 28.0 Å². The van der Waals surface area contributed by atoms with E-state index in [1.54, 1.807) is 97.6 Å². The summed E-state index contributed by atoms with van der Waals surface area (Å²) in [6.45, 7) is 0. The van der Waals surface area contributed by atoms with Gasteiger partial charge >= 0.3 is 35.8 Å². The summed E-state index contributed by atoms with van der Waals surface area (Å²) in [5.41, 5.74) is 22.2. The molecule has 0 fully saturated rings. The molecule has 508 valence electrons. The zero-order valence-corrected chi connectivity index (χ0v) is 62.3. The smallest absolute Gasteiger partial charge is 0.339 e. The molecule has 0 aliphatic carbocycles. The van der Waals surface area contributed by atoms with Gasteiger partial charge in [-0.25, -0.2) is 48.7 Å². The lowest BCUT2D eigenvalue weighted by atomic mass is 10.2. The lowest BCUT2D eigenvalue weighted by molar-refractivity contribution is 0.0682. The van der Waals surface area contributed by atoms with Crippen molar-refractivity contribution in [2.75, 3.05) is 51.4 Å². The van der Waals surface area contributed by atoms with E-state index in [4.69, 9.17) is 77.6 Å². The van der Waals surface area contributed by atoms with Gasteiger partial charge in [-0.1, -0.05) is 80.6 Å². The molecule has 0 atom stereocenters. The fraction of sp³-hybridized carbons (Fsp3) is 0.0690. The van der Waals surface area contributed by atoms with Crippen molar-refractivity contribution in [3.63, 3.8) is 0 Å². The first-order valence-electron chi connectivity index (χ1n) is 25.3. The highest BCUT2D eigenvalue weighted by molar-refractivity contribution is 14.1. The second kappa shape index (κ2) is 41.3. The van der Waals surface area contributed by atoms with Gasteiger partial charge in [0.2, 0.25) is 0 Å². The number of thiazole rings is 4. The molecule has 96 heavy (non-hydrogen) atoms. The van der Waals surface area contributed by atoms with E-state index >= 15 is 0 Å². The topological polar surface area (TPSA) is 457 Å². The maximum Gasteiger partial charge on any atom is 0.339 e. The molecule has 0 saturated heterocycles. The number of rotatable bonds is 16. The Morgan fingerprint density at radius 1 is 0.417 bits per heavy atom. The summed E-state index contributed by atoms with van der Waals surface area (Å²) in [5, 5.41) is 73.3. The number of thiol groups is 2. The van der Waals surface area contributed by atoms with Crippen molar-refractivity contribution in [2.24, 2.45) is 0 Å². The van der Waals surface area contributed by atoms with E-state index < -0.39 is 35.8 Å². The Morgan fingerprint density at radius 2 is 0.688 bits per heavy atom. The van der Waals surface area contributed by atoms with E-state index in [0.717, 1.165) is 29.8 Å². The number of ether oxygens (including phenoxy) is 4. The molecule has 0 unspecified atom stereocenters. The predicted octanol–water partition coefficient (Wildman–Crippen LogP) is 14.6. The van der Waals surface area contributed by atoms with Gasteiger partial charge in [0.1, 0.15) is 67.9 Å². The molecule has 0 saturated carbocycles. The van der Waals surface area contributed by atoms with E-state index in [2.05, 4.69) is 83.7 Å². The summed E-state index contributed by atoms with van der Waals surface area (Å²) in [5.74, 6) is -5.38. The van der Waals surface area contributed by atoms with Crippen molar-refractivity contribution in [3.05, 3.63) is 175 Å². The number of benzene rings is 6. The first-order valence-corrected chi connectivity index (χ1v) is 33.8. The number of aromatic hydroxyl groups is 2. The zero-order valence-electron chi connectivity index (χ0n) is 49.4. The SMILES string of the molecule is Br.COc1ccc(I)cc1C(=O)O.COc1ccc(S)cc1C(=O)O.COc1ccc(Sc2cnc(N)s2)cc1C(=O)O.COc1ccc(Sc2cnc(N)s2)cc1C(=O)O.Nc1ncc(Br)s1.Nc1ncc(Sc2ccc(O)c(C(=O)O)c2)s1.O=C(O)c1cc(S)ccc1O. The maximum atomic E-state index is 11.1. The van der Waals surface area contributed by atoms with Gasteiger partial charge in [0.25, 0.3) is 0 Å². The van der Waals surface area contributed by atoms with Crippen LogP contribution in [0.5, 0.6) is 34.5 Å². The van der Waals surface area contributed by atoms with E-state index in [1.165, 1.54) is 145 Å². The third-order valence-electron chi connectivity index (χ3n) is 10.7. The number of methoxy groups -OCH3 is 4. The number of carboxylic acid groups (broad SMARTS) is 6. The lowest BCUT2D eigenvalue weighted by Crippen LogP contribution is -2.00. The maximum absolute atomic E-state index is 11.1. The van der Waals surface area contributed by atoms with Crippen LogP contribution >= 0.6 is 161 Å². The predicted molar refractivity (Wildman–Crippen MR) is 394 cm³/mol. The van der Waals surface area contributed by atoms with Crippen molar-refractivity contribution < 1.29 is 88.6 Å². The lowest BCUT2D eigenvalue weighted by Gasteiger charge is -2.06. The van der Waals surface area contributed by atoms with Crippen LogP contribution in [-0.2, 0) is 0 Å². The van der Waals surface area contributed by atoms with E-state index in [1.807, 2.05) is 0 Å². The Hall–Kier alpha value is -7.90. The molecule has 0 amide bonds. The monoisotopic (exact) mass is 1720 g/mol. The number of halogens is 3. The molecule has 0 bridgehead atoms. The summed E-state index contributed by atoms with van der Waals surface area (Å²) in [6.07, 6.45) is 6.63. The number of phenols is 2. The first-order chi connectivity index (χ1) is 44.9. The molecule has 10 rings (SSSR count). The van der Waals surface area contributed by atoms with Crippen molar-refractivity contribution in [1.82, 2.24) is 19.9 Å². The van der Waals surface area contributed by atoms with Crippen molar-refractivity contribution in [2.45, 2.75) is 37.1 Å². The number of nitrogens with zero attached hydrogens (tertiary/aromatic N) is 4. The number of hydrogen-bond acceptors (Lipinski definition) is 29. The van der Waals surface area contributed by atoms with Crippen LogP contribution in [-0.4, -0.2) is 125 Å². The highest BCUT2D eigenvalue weighted by atomic mass is 127. The molecule has 10 aromatic rings. The average Bonchev–Trinajstić information content (AvgIpc) is 1.95. The molecule has 0 radical (unpaired) electrons. The minimum atomic E-state index is -1.16. The molecule has 38 heteroatoms. The van der Waals surface area contributed by atoms with Crippen LogP contribution in [0.25, 0.3) is 0 Å². The number of carboxylic acids is 6. The summed E-state index contributed by atoms with van der Waals surface area (Å²) in [6, 6.07) is 28.2. The molecule has 4 heterocycles. The molecular weight excluding hydrogens is 1670 g/mol. The van der Waals surface area contributed by atoms with Gasteiger partial charge in [0.15, 0.2) is 20.5 Å². The van der Waals surface area contributed by atoms with Crippen LogP contribution in [0.1, 0.15) is 62.1 Å². The Balaban J connectivity index is 0.000000296. The number of hydrogen-bond donors (Lipinski definition) is 14. The van der Waals surface area contributed by atoms with Crippen molar-refractivity contribution >= 4 is 218 Å². The summed E-state index contributed by atoms with van der Waals surface area (Å²) in [7, 11) is 5.77. The van der Waals surface area contributed by atoms with Gasteiger partial charge in [-0.3, -0.25) is 0 Å². The highest BCUT2D eigenvalue weighted by Crippen LogP contribution is 2.38. The Bertz CT molecular complexity index is 4120. The fourth-order valence-corrected chi connectivity index (χ4v) is 13.8. The van der Waals surface area contributed by atoms with Gasteiger partial charge < -0.3 is 82.7 Å². The largest absolute Gasteiger partial charge is 0.507 e. The summed E-state index contributed by atoms with van der Waals surface area (Å²) in [4.78, 5) is 83.6. The normalized spacial score (nSPS) is 9.83. The number of aromatic carboxylic acids is 6. The molecule has 0 aliphatic heterocycles. The summed E-state index contributed by atoms with van der Waals surface area (Å²) >= 11 is 22.8. The number of aromatic nitrogens is 4. The van der Waals surface area contributed by atoms with Gasteiger partial charge in [-0.2, -0.15) is 0 Å².